The highest BCUT2D eigenvalue weighted by atomic mass is 16.4. The molecule has 0 amide bonds. The molecule has 0 rings (SSSR count). The van der Waals surface area contributed by atoms with Gasteiger partial charge in [0.15, 0.2) is 0 Å². The summed E-state index contributed by atoms with van der Waals surface area (Å²) in [5.74, 6) is -1.65. The van der Waals surface area contributed by atoms with E-state index in [1.54, 1.807) is 13.8 Å². The summed E-state index contributed by atoms with van der Waals surface area (Å²) in [4.78, 5) is 10.2. The molecular weight excluding hydrogens is 106 g/mol. The van der Waals surface area contributed by atoms with Crippen LogP contribution in [0, 0.1) is 5.92 Å². The molecule has 0 spiro atoms. The van der Waals surface area contributed by atoms with Crippen molar-refractivity contribution in [3.63, 3.8) is 0 Å². The minimum absolute atomic E-state index is 0.366. The molecule has 0 heterocycles. The Hall–Kier alpha value is -0.570. The molecular formula is C5H11NO2. The monoisotopic (exact) mass is 118 g/mol. The molecule has 0 saturated heterocycles. The van der Waals surface area contributed by atoms with Crippen LogP contribution in [0.4, 0.5) is 0 Å². The molecule has 3 N–H and O–H groups in total. The molecule has 8 heavy (non-hydrogen) atoms. The van der Waals surface area contributed by atoms with Crippen LogP contribution in [0.25, 0.3) is 0 Å². The van der Waals surface area contributed by atoms with E-state index in [0.717, 1.165) is 0 Å². The van der Waals surface area contributed by atoms with Crippen LogP contribution in [-0.2, 0) is 4.79 Å². The second kappa shape index (κ2) is 2.67. The maximum Gasteiger partial charge on any atom is 0.320 e. The van der Waals surface area contributed by atoms with E-state index >= 15 is 0 Å². The minimum Gasteiger partial charge on any atom is -0.480 e. The second-order valence-electron chi connectivity index (χ2n) is 1.92. The largest absolute Gasteiger partial charge is 0.480 e. The lowest BCUT2D eigenvalue weighted by atomic mass is 10.1. The molecule has 0 aromatic rings. The summed E-state index contributed by atoms with van der Waals surface area (Å²) in [6.45, 7) is 3.20. The van der Waals surface area contributed by atoms with Crippen molar-refractivity contribution in [3.05, 3.63) is 0 Å². The Morgan fingerprint density at radius 2 is 2.25 bits per heavy atom. The molecule has 1 atom stereocenters. The Kier molecular flexibility index (Phi) is 1.86. The lowest BCUT2D eigenvalue weighted by molar-refractivity contribution is -0.139. The number of carboxylic acid groups (broad SMARTS) is 1. The fourth-order valence-electron chi connectivity index (χ4n) is 0.247. The van der Waals surface area contributed by atoms with Crippen molar-refractivity contribution in [1.82, 2.24) is 0 Å². The van der Waals surface area contributed by atoms with Gasteiger partial charge in [0.1, 0.15) is 6.02 Å². The topological polar surface area (TPSA) is 63.3 Å². The van der Waals surface area contributed by atoms with Gasteiger partial charge in [-0.25, -0.2) is 0 Å². The quantitative estimate of drug-likeness (QED) is 0.538. The van der Waals surface area contributed by atoms with Gasteiger partial charge < -0.3 is 10.8 Å². The first kappa shape index (κ1) is 5.56. The Balaban J connectivity index is 4.19. The van der Waals surface area contributed by atoms with Crippen molar-refractivity contribution >= 4 is 5.97 Å². The Morgan fingerprint density at radius 3 is 2.25 bits per heavy atom. The molecule has 0 aromatic heterocycles. The van der Waals surface area contributed by atoms with E-state index < -0.39 is 12.0 Å². The van der Waals surface area contributed by atoms with Crippen molar-refractivity contribution in [2.75, 3.05) is 0 Å². The van der Waals surface area contributed by atoms with Gasteiger partial charge in [-0.3, -0.25) is 4.79 Å². The predicted octanol–water partition coefficient (Wildman–Crippen LogP) is 0.0543. The summed E-state index contributed by atoms with van der Waals surface area (Å²) in [5, 5.41) is 8.30. The maximum atomic E-state index is 10.2. The Morgan fingerprint density at radius 1 is 1.88 bits per heavy atom. The molecule has 0 radical (unpaired) electrons. The van der Waals surface area contributed by atoms with Crippen LogP contribution in [-0.4, -0.2) is 17.1 Å². The first-order valence-corrected chi connectivity index (χ1v) is 2.41. The summed E-state index contributed by atoms with van der Waals surface area (Å²) in [6.07, 6.45) is 0. The molecule has 48 valence electrons. The maximum absolute atomic E-state index is 10.2. The minimum atomic E-state index is -1.83. The molecule has 0 aliphatic carbocycles. The molecule has 0 saturated carbocycles. The number of carbonyl (C=O) groups is 1. The van der Waals surface area contributed by atoms with Crippen molar-refractivity contribution < 1.29 is 11.3 Å². The van der Waals surface area contributed by atoms with Crippen molar-refractivity contribution in [2.45, 2.75) is 19.9 Å². The van der Waals surface area contributed by atoms with E-state index in [0.29, 0.717) is 0 Å². The number of carboxylic acids is 1. The number of nitrogens with two attached hydrogens (primary N) is 1. The molecule has 0 aliphatic heterocycles. The molecule has 0 fully saturated rings. The third-order valence-corrected chi connectivity index (χ3v) is 0.869. The van der Waals surface area contributed by atoms with Gasteiger partial charge in [0.05, 0.1) is 1.37 Å². The smallest absolute Gasteiger partial charge is 0.320 e. The van der Waals surface area contributed by atoms with E-state index in [1.165, 1.54) is 0 Å². The number of rotatable bonds is 2. The van der Waals surface area contributed by atoms with Crippen LogP contribution in [0.5, 0.6) is 0 Å². The lowest BCUT2D eigenvalue weighted by Crippen LogP contribution is -2.34. The zero-order chi connectivity index (χ0) is 7.65. The molecule has 1 unspecified atom stereocenters. The summed E-state index contributed by atoms with van der Waals surface area (Å²) in [5.41, 5.74) is 5.07. The standard InChI is InChI=1S/C5H11NO2/c1-3(2)4(6)5(7)8/h3-4H,6H2,1-2H3,(H,7,8)/i4D. The van der Waals surface area contributed by atoms with E-state index in [9.17, 15) is 4.79 Å². The van der Waals surface area contributed by atoms with E-state index in [2.05, 4.69) is 0 Å². The van der Waals surface area contributed by atoms with E-state index in [4.69, 9.17) is 12.2 Å². The van der Waals surface area contributed by atoms with Gasteiger partial charge in [-0.2, -0.15) is 0 Å². The highest BCUT2D eigenvalue weighted by molar-refractivity contribution is 5.73. The summed E-state index contributed by atoms with van der Waals surface area (Å²) >= 11 is 0. The zero-order valence-electron chi connectivity index (χ0n) is 6.01. The van der Waals surface area contributed by atoms with Gasteiger partial charge in [-0.15, -0.1) is 0 Å². The second-order valence-corrected chi connectivity index (χ2v) is 1.92. The van der Waals surface area contributed by atoms with Gasteiger partial charge in [-0.1, -0.05) is 13.8 Å². The summed E-state index contributed by atoms with van der Waals surface area (Å²) in [7, 11) is 0. The zero-order valence-corrected chi connectivity index (χ0v) is 5.01. The van der Waals surface area contributed by atoms with Crippen LogP contribution in [0.1, 0.15) is 15.2 Å². The first-order chi connectivity index (χ1) is 3.89. The summed E-state index contributed by atoms with van der Waals surface area (Å²) in [6, 6.07) is -1.83. The molecule has 3 nitrogen and oxygen atoms in total. The van der Waals surface area contributed by atoms with Crippen molar-refractivity contribution in [3.8, 4) is 0 Å². The third kappa shape index (κ3) is 1.93. The van der Waals surface area contributed by atoms with Gasteiger partial charge in [0.25, 0.3) is 0 Å². The van der Waals surface area contributed by atoms with E-state index in [1.807, 2.05) is 0 Å². The Bertz CT molecular complexity index is 122. The van der Waals surface area contributed by atoms with Crippen LogP contribution in [0.2, 0.25) is 0 Å². The fourth-order valence-corrected chi connectivity index (χ4v) is 0.247. The number of hydrogen-bond acceptors (Lipinski definition) is 2. The van der Waals surface area contributed by atoms with Gasteiger partial charge in [0, 0.05) is 0 Å². The number of aliphatic carboxylic acids is 1. The average Bonchev–Trinajstić information content (AvgIpc) is 1.65. The normalized spacial score (nSPS) is 19.8. The average molecular weight is 118 g/mol. The lowest BCUT2D eigenvalue weighted by Gasteiger charge is -2.07. The SMILES string of the molecule is [2H]C(N)(C(=O)O)C(C)C. The van der Waals surface area contributed by atoms with Crippen LogP contribution < -0.4 is 5.73 Å². The summed E-state index contributed by atoms with van der Waals surface area (Å²) < 4.78 is 7.01. The predicted molar refractivity (Wildman–Crippen MR) is 30.4 cm³/mol. The van der Waals surface area contributed by atoms with Gasteiger partial charge in [-0.05, 0) is 5.92 Å². The molecule has 0 aliphatic rings. The van der Waals surface area contributed by atoms with Gasteiger partial charge >= 0.3 is 5.97 Å². The van der Waals surface area contributed by atoms with E-state index in [-0.39, 0.29) is 5.92 Å². The van der Waals surface area contributed by atoms with Crippen LogP contribution >= 0.6 is 0 Å². The Labute approximate surface area is 49.9 Å². The van der Waals surface area contributed by atoms with Crippen molar-refractivity contribution in [2.24, 2.45) is 11.7 Å². The fraction of sp³-hybridized carbons (Fsp3) is 0.800. The third-order valence-electron chi connectivity index (χ3n) is 0.869. The molecule has 0 bridgehead atoms. The van der Waals surface area contributed by atoms with Crippen LogP contribution in [0.15, 0.2) is 0 Å². The van der Waals surface area contributed by atoms with Crippen LogP contribution in [0.3, 0.4) is 0 Å². The highest BCUT2D eigenvalue weighted by Gasteiger charge is 2.14. The highest BCUT2D eigenvalue weighted by Crippen LogP contribution is 1.96. The molecule has 0 aromatic carbocycles. The first-order valence-electron chi connectivity index (χ1n) is 2.91. The van der Waals surface area contributed by atoms with Crippen molar-refractivity contribution in [1.29, 1.82) is 0 Å². The number of hydrogen-bond donors (Lipinski definition) is 2. The molecule has 3 heteroatoms. The van der Waals surface area contributed by atoms with Gasteiger partial charge in [0.2, 0.25) is 0 Å².